The summed E-state index contributed by atoms with van der Waals surface area (Å²) >= 11 is 0. The van der Waals surface area contributed by atoms with Crippen molar-refractivity contribution < 1.29 is 9.59 Å². The zero-order valence-corrected chi connectivity index (χ0v) is 15.0. The van der Waals surface area contributed by atoms with E-state index in [1.54, 1.807) is 36.4 Å². The number of hydrogen-bond acceptors (Lipinski definition) is 3. The molecular weight excluding hydrogens is 326 g/mol. The van der Waals surface area contributed by atoms with Gasteiger partial charge in [-0.05, 0) is 56.7 Å². The summed E-state index contributed by atoms with van der Waals surface area (Å²) in [6.07, 6.45) is 1.50. The molecule has 0 atom stereocenters. The Labute approximate surface area is 153 Å². The number of carbonyl (C=O) groups is 2. The molecule has 2 aromatic carbocycles. The maximum atomic E-state index is 12.3. The van der Waals surface area contributed by atoms with Crippen molar-refractivity contribution in [2.75, 3.05) is 5.32 Å². The predicted molar refractivity (Wildman–Crippen MR) is 102 cm³/mol. The van der Waals surface area contributed by atoms with E-state index in [0.29, 0.717) is 16.8 Å². The molecule has 0 saturated carbocycles. The molecular formula is C21H21N3O2. The van der Waals surface area contributed by atoms with Gasteiger partial charge >= 0.3 is 0 Å². The van der Waals surface area contributed by atoms with Gasteiger partial charge in [-0.3, -0.25) is 9.59 Å². The van der Waals surface area contributed by atoms with E-state index in [1.165, 1.54) is 6.08 Å². The fourth-order valence-electron chi connectivity index (χ4n) is 2.27. The fraction of sp³-hybridized carbons (Fsp3) is 0.190. The zero-order valence-electron chi connectivity index (χ0n) is 15.0. The summed E-state index contributed by atoms with van der Waals surface area (Å²) in [5, 5.41) is 14.7. The summed E-state index contributed by atoms with van der Waals surface area (Å²) in [5.41, 5.74) is 2.90. The molecule has 0 aliphatic carbocycles. The minimum atomic E-state index is -0.420. The van der Waals surface area contributed by atoms with E-state index in [-0.39, 0.29) is 17.5 Å². The second-order valence-electron chi connectivity index (χ2n) is 6.24. The molecule has 0 aliphatic rings. The first-order valence-corrected chi connectivity index (χ1v) is 8.30. The smallest absolute Gasteiger partial charge is 0.262 e. The van der Waals surface area contributed by atoms with Crippen LogP contribution in [0.5, 0.6) is 0 Å². The highest BCUT2D eigenvalue weighted by Crippen LogP contribution is 2.15. The van der Waals surface area contributed by atoms with Crippen LogP contribution in [0.4, 0.5) is 5.69 Å². The van der Waals surface area contributed by atoms with Gasteiger partial charge in [0.25, 0.3) is 11.8 Å². The highest BCUT2D eigenvalue weighted by Gasteiger charge is 2.10. The Hall–Kier alpha value is -3.39. The molecule has 0 unspecified atom stereocenters. The van der Waals surface area contributed by atoms with Crippen molar-refractivity contribution in [2.45, 2.75) is 26.8 Å². The Morgan fingerprint density at radius 2 is 1.81 bits per heavy atom. The Bertz CT molecular complexity index is 875. The van der Waals surface area contributed by atoms with E-state index in [9.17, 15) is 14.9 Å². The summed E-state index contributed by atoms with van der Waals surface area (Å²) in [7, 11) is 0. The number of hydrogen-bond donors (Lipinski definition) is 2. The Morgan fingerprint density at radius 3 is 2.42 bits per heavy atom. The maximum Gasteiger partial charge on any atom is 0.262 e. The molecule has 0 heterocycles. The third-order valence-corrected chi connectivity index (χ3v) is 3.55. The van der Waals surface area contributed by atoms with Gasteiger partial charge in [-0.1, -0.05) is 29.8 Å². The Balaban J connectivity index is 2.18. The van der Waals surface area contributed by atoms with Gasteiger partial charge in [0.05, 0.1) is 0 Å². The van der Waals surface area contributed by atoms with Crippen LogP contribution in [0.1, 0.15) is 35.3 Å². The summed E-state index contributed by atoms with van der Waals surface area (Å²) in [6.45, 7) is 5.61. The number of anilines is 1. The van der Waals surface area contributed by atoms with Gasteiger partial charge in [-0.15, -0.1) is 0 Å². The van der Waals surface area contributed by atoms with Crippen LogP contribution in [0.2, 0.25) is 0 Å². The van der Waals surface area contributed by atoms with Crippen LogP contribution < -0.4 is 10.6 Å². The van der Waals surface area contributed by atoms with Crippen molar-refractivity contribution in [3.63, 3.8) is 0 Å². The molecule has 0 aliphatic heterocycles. The van der Waals surface area contributed by atoms with E-state index >= 15 is 0 Å². The van der Waals surface area contributed by atoms with E-state index in [2.05, 4.69) is 10.6 Å². The minimum absolute atomic E-state index is 0.0145. The Morgan fingerprint density at radius 1 is 1.12 bits per heavy atom. The lowest BCUT2D eigenvalue weighted by molar-refractivity contribution is -0.117. The average Bonchev–Trinajstić information content (AvgIpc) is 2.59. The number of nitrogens with one attached hydrogen (secondary N) is 2. The number of rotatable bonds is 5. The molecule has 5 heteroatoms. The van der Waals surface area contributed by atoms with E-state index in [1.807, 2.05) is 39.0 Å². The van der Waals surface area contributed by atoms with Crippen LogP contribution in [0.15, 0.2) is 54.1 Å². The standard InChI is InChI=1S/C21H21N3O2/c1-14(2)23-21(26)18(13-22)11-16-5-4-6-19(12-16)24-20(25)17-9-7-15(3)8-10-17/h4-12,14H,1-3H3,(H,23,26)(H,24,25)/b18-11+. The fourth-order valence-corrected chi connectivity index (χ4v) is 2.27. The van der Waals surface area contributed by atoms with E-state index in [0.717, 1.165) is 5.56 Å². The number of amides is 2. The summed E-state index contributed by atoms with van der Waals surface area (Å²) in [4.78, 5) is 24.3. The van der Waals surface area contributed by atoms with Crippen molar-refractivity contribution in [1.82, 2.24) is 5.32 Å². The second kappa shape index (κ2) is 8.63. The van der Waals surface area contributed by atoms with E-state index in [4.69, 9.17) is 0 Å². The number of carbonyl (C=O) groups excluding carboxylic acids is 2. The molecule has 0 aromatic heterocycles. The van der Waals surface area contributed by atoms with Gasteiger partial charge in [0, 0.05) is 17.3 Å². The van der Waals surface area contributed by atoms with Gasteiger partial charge in [0.15, 0.2) is 0 Å². The molecule has 2 aromatic rings. The molecule has 0 fully saturated rings. The van der Waals surface area contributed by atoms with Crippen molar-refractivity contribution in [3.05, 3.63) is 70.8 Å². The molecule has 2 rings (SSSR count). The lowest BCUT2D eigenvalue weighted by Gasteiger charge is -2.08. The van der Waals surface area contributed by atoms with Gasteiger partial charge in [0.2, 0.25) is 0 Å². The Kier molecular flexibility index (Phi) is 6.29. The number of benzene rings is 2. The molecule has 132 valence electrons. The number of nitrogens with zero attached hydrogens (tertiary/aromatic N) is 1. The van der Waals surface area contributed by atoms with Crippen molar-refractivity contribution >= 4 is 23.6 Å². The van der Waals surface area contributed by atoms with Gasteiger partial charge < -0.3 is 10.6 Å². The van der Waals surface area contributed by atoms with Crippen LogP contribution in [-0.4, -0.2) is 17.9 Å². The number of aryl methyl sites for hydroxylation is 1. The minimum Gasteiger partial charge on any atom is -0.349 e. The third kappa shape index (κ3) is 5.32. The SMILES string of the molecule is Cc1ccc(C(=O)Nc2cccc(/C=C(\C#N)C(=O)NC(C)C)c2)cc1. The second-order valence-corrected chi connectivity index (χ2v) is 6.24. The quantitative estimate of drug-likeness (QED) is 0.639. The topological polar surface area (TPSA) is 82.0 Å². The maximum absolute atomic E-state index is 12.3. The molecule has 2 N–H and O–H groups in total. The summed E-state index contributed by atoms with van der Waals surface area (Å²) < 4.78 is 0. The molecule has 26 heavy (non-hydrogen) atoms. The lowest BCUT2D eigenvalue weighted by atomic mass is 10.1. The van der Waals surface area contributed by atoms with Gasteiger partial charge in [-0.25, -0.2) is 0 Å². The summed E-state index contributed by atoms with van der Waals surface area (Å²) in [6, 6.07) is 16.1. The molecule has 0 spiro atoms. The first-order chi connectivity index (χ1) is 12.4. The lowest BCUT2D eigenvalue weighted by Crippen LogP contribution is -2.30. The monoisotopic (exact) mass is 347 g/mol. The predicted octanol–water partition coefficient (Wildman–Crippen LogP) is 3.68. The van der Waals surface area contributed by atoms with Crippen molar-refractivity contribution in [2.24, 2.45) is 0 Å². The van der Waals surface area contributed by atoms with Crippen LogP contribution in [0.3, 0.4) is 0 Å². The highest BCUT2D eigenvalue weighted by molar-refractivity contribution is 6.05. The largest absolute Gasteiger partial charge is 0.349 e. The average molecular weight is 347 g/mol. The first kappa shape index (κ1) is 18.9. The molecule has 0 bridgehead atoms. The van der Waals surface area contributed by atoms with Crippen molar-refractivity contribution in [3.8, 4) is 6.07 Å². The molecule has 2 amide bonds. The normalized spacial score (nSPS) is 11.0. The van der Waals surface area contributed by atoms with Crippen LogP contribution >= 0.6 is 0 Å². The zero-order chi connectivity index (χ0) is 19.1. The van der Waals surface area contributed by atoms with Crippen LogP contribution in [0.25, 0.3) is 6.08 Å². The number of nitriles is 1. The van der Waals surface area contributed by atoms with Gasteiger partial charge in [0.1, 0.15) is 11.6 Å². The van der Waals surface area contributed by atoms with Crippen molar-refractivity contribution in [1.29, 1.82) is 5.26 Å². The molecule has 5 nitrogen and oxygen atoms in total. The highest BCUT2D eigenvalue weighted by atomic mass is 16.2. The third-order valence-electron chi connectivity index (χ3n) is 3.55. The van der Waals surface area contributed by atoms with Gasteiger partial charge in [-0.2, -0.15) is 5.26 Å². The first-order valence-electron chi connectivity index (χ1n) is 8.30. The van der Waals surface area contributed by atoms with Crippen LogP contribution in [0, 0.1) is 18.3 Å². The van der Waals surface area contributed by atoms with E-state index < -0.39 is 5.91 Å². The summed E-state index contributed by atoms with van der Waals surface area (Å²) in [5.74, 6) is -0.638. The molecule has 0 saturated heterocycles. The van der Waals surface area contributed by atoms with Crippen LogP contribution in [-0.2, 0) is 4.79 Å². The molecule has 0 radical (unpaired) electrons.